The molecule has 0 bridgehead atoms. The van der Waals surface area contributed by atoms with Crippen LogP contribution in [0.1, 0.15) is 36.1 Å². The number of nitrogens with one attached hydrogen (secondary N) is 1. The van der Waals surface area contributed by atoms with E-state index in [2.05, 4.69) is 109 Å². The lowest BCUT2D eigenvalue weighted by Crippen LogP contribution is -2.23. The molecular weight excluding hydrogens is 452 g/mol. The van der Waals surface area contributed by atoms with E-state index in [9.17, 15) is 0 Å². The first-order valence-corrected chi connectivity index (χ1v) is 13.0. The molecule has 188 valence electrons. The Morgan fingerprint density at radius 1 is 0.703 bits per heavy atom. The summed E-state index contributed by atoms with van der Waals surface area (Å²) in [6.45, 7) is 6.27. The molecule has 0 heterocycles. The van der Waals surface area contributed by atoms with Crippen LogP contribution in [0.4, 0.5) is 0 Å². The summed E-state index contributed by atoms with van der Waals surface area (Å²) in [6.07, 6.45) is 1.84. The smallest absolute Gasteiger partial charge is 0.185 e. The molecule has 0 amide bonds. The highest BCUT2D eigenvalue weighted by atomic mass is 15.0. The van der Waals surface area contributed by atoms with Crippen LogP contribution in [0.25, 0.3) is 33.4 Å². The summed E-state index contributed by atoms with van der Waals surface area (Å²) in [4.78, 5) is 4.13. The second-order valence-electron chi connectivity index (χ2n) is 10.5. The predicted molar refractivity (Wildman–Crippen MR) is 157 cm³/mol. The van der Waals surface area contributed by atoms with Gasteiger partial charge in [-0.05, 0) is 94.2 Å². The van der Waals surface area contributed by atoms with E-state index >= 15 is 0 Å². The van der Waals surface area contributed by atoms with E-state index < -0.39 is 0 Å². The topological polar surface area (TPSA) is 76.4 Å². The lowest BCUT2D eigenvalue weighted by atomic mass is 9.80. The van der Waals surface area contributed by atoms with Crippen molar-refractivity contribution in [3.63, 3.8) is 0 Å². The molecule has 0 aromatic heterocycles. The second kappa shape index (κ2) is 10.2. The number of hydrogen-bond acceptors (Lipinski definition) is 2. The number of rotatable bonds is 8. The van der Waals surface area contributed by atoms with Crippen LogP contribution in [0, 0.1) is 0 Å². The number of fused-ring (bicyclic) bond motifs is 3. The molecule has 0 aliphatic heterocycles. The van der Waals surface area contributed by atoms with Crippen molar-refractivity contribution in [3.05, 3.63) is 107 Å². The van der Waals surface area contributed by atoms with Crippen molar-refractivity contribution >= 4 is 5.96 Å². The van der Waals surface area contributed by atoms with Gasteiger partial charge >= 0.3 is 0 Å². The number of guanidine groups is 1. The van der Waals surface area contributed by atoms with Crippen LogP contribution in [0.3, 0.4) is 0 Å². The van der Waals surface area contributed by atoms with Crippen molar-refractivity contribution in [1.29, 1.82) is 0 Å². The fourth-order valence-corrected chi connectivity index (χ4v) is 5.49. The summed E-state index contributed by atoms with van der Waals surface area (Å²) in [5, 5.41) is 3.25. The molecule has 0 unspecified atom stereocenters. The first-order chi connectivity index (χ1) is 17.9. The Kier molecular flexibility index (Phi) is 6.86. The van der Waals surface area contributed by atoms with Gasteiger partial charge in [0.05, 0.1) is 0 Å². The lowest BCUT2D eigenvalue weighted by molar-refractivity contribution is 0.661. The van der Waals surface area contributed by atoms with E-state index in [-0.39, 0.29) is 11.4 Å². The molecule has 37 heavy (non-hydrogen) atoms. The van der Waals surface area contributed by atoms with Crippen molar-refractivity contribution in [2.75, 3.05) is 20.1 Å². The van der Waals surface area contributed by atoms with Crippen molar-refractivity contribution < 1.29 is 0 Å². The van der Waals surface area contributed by atoms with Gasteiger partial charge in [0.1, 0.15) is 0 Å². The predicted octanol–water partition coefficient (Wildman–Crippen LogP) is 5.90. The van der Waals surface area contributed by atoms with Gasteiger partial charge in [-0.1, -0.05) is 86.6 Å². The van der Waals surface area contributed by atoms with Gasteiger partial charge in [-0.2, -0.15) is 0 Å². The molecule has 4 aromatic rings. The largest absolute Gasteiger partial charge is 0.370 e. The third-order valence-electron chi connectivity index (χ3n) is 7.56. The summed E-state index contributed by atoms with van der Waals surface area (Å²) in [5.74, 6) is 0.140. The maximum absolute atomic E-state index is 5.48. The maximum atomic E-state index is 5.48. The van der Waals surface area contributed by atoms with Crippen LogP contribution in [-0.4, -0.2) is 26.1 Å². The Labute approximate surface area is 220 Å². The number of nitrogens with zero attached hydrogens (tertiary/aromatic N) is 1. The number of nitrogens with two attached hydrogens (primary N) is 2. The van der Waals surface area contributed by atoms with Crippen LogP contribution in [0.5, 0.6) is 0 Å². The van der Waals surface area contributed by atoms with Gasteiger partial charge in [0.25, 0.3) is 0 Å². The number of benzene rings is 4. The fourth-order valence-electron chi connectivity index (χ4n) is 5.49. The molecule has 0 atom stereocenters. The Bertz CT molecular complexity index is 1460. The summed E-state index contributed by atoms with van der Waals surface area (Å²) in [5.41, 5.74) is 23.9. The molecule has 4 heteroatoms. The molecule has 1 aliphatic carbocycles. The minimum Gasteiger partial charge on any atom is -0.370 e. The molecule has 0 spiro atoms. The van der Waals surface area contributed by atoms with Crippen LogP contribution in [0.2, 0.25) is 0 Å². The van der Waals surface area contributed by atoms with Crippen LogP contribution < -0.4 is 16.8 Å². The van der Waals surface area contributed by atoms with Gasteiger partial charge < -0.3 is 16.8 Å². The molecule has 5 N–H and O–H groups in total. The monoisotopic (exact) mass is 488 g/mol. The van der Waals surface area contributed by atoms with Gasteiger partial charge in [-0.3, -0.25) is 4.99 Å². The van der Waals surface area contributed by atoms with E-state index in [0.29, 0.717) is 6.54 Å². The SMILES string of the molecule is CNCCc1cccc(-c2ccc3c(c2)C(C)(C)c2cc(-c4cccc(CCN=C(N)N)c4)ccc2-3)c1. The molecule has 4 nitrogen and oxygen atoms in total. The Balaban J connectivity index is 1.46. The van der Waals surface area contributed by atoms with Gasteiger partial charge in [-0.25, -0.2) is 0 Å². The average molecular weight is 489 g/mol. The quantitative estimate of drug-likeness (QED) is 0.213. The van der Waals surface area contributed by atoms with Gasteiger partial charge in [0.15, 0.2) is 5.96 Å². The number of hydrogen-bond donors (Lipinski definition) is 3. The van der Waals surface area contributed by atoms with Crippen LogP contribution in [0.15, 0.2) is 89.9 Å². The van der Waals surface area contributed by atoms with Crippen LogP contribution in [-0.2, 0) is 18.3 Å². The average Bonchev–Trinajstić information content (AvgIpc) is 3.13. The van der Waals surface area contributed by atoms with Crippen molar-refractivity contribution in [3.8, 4) is 33.4 Å². The molecule has 4 aromatic carbocycles. The molecule has 1 aliphatic rings. The molecule has 0 saturated carbocycles. The highest BCUT2D eigenvalue weighted by molar-refractivity contribution is 5.85. The van der Waals surface area contributed by atoms with Crippen molar-refractivity contribution in [2.24, 2.45) is 16.5 Å². The molecule has 5 rings (SSSR count). The summed E-state index contributed by atoms with van der Waals surface area (Å²) < 4.78 is 0. The van der Waals surface area contributed by atoms with E-state index in [1.807, 2.05) is 7.05 Å². The first kappa shape index (κ1) is 24.8. The zero-order valence-corrected chi connectivity index (χ0v) is 22.0. The normalized spacial score (nSPS) is 13.2. The molecule has 0 fully saturated rings. The maximum Gasteiger partial charge on any atom is 0.185 e. The zero-order valence-electron chi connectivity index (χ0n) is 22.0. The highest BCUT2D eigenvalue weighted by Crippen LogP contribution is 2.50. The van der Waals surface area contributed by atoms with Crippen LogP contribution >= 0.6 is 0 Å². The summed E-state index contributed by atoms with van der Waals surface area (Å²) in [7, 11) is 2.00. The Hall–Kier alpha value is -3.89. The third kappa shape index (κ3) is 5.03. The summed E-state index contributed by atoms with van der Waals surface area (Å²) >= 11 is 0. The Morgan fingerprint density at radius 3 is 1.73 bits per heavy atom. The fraction of sp³-hybridized carbons (Fsp3) is 0.242. The standard InChI is InChI=1S/C33H36N4/c1-33(2)30-20-26(24-8-4-6-22(18-24)14-16-36-3)10-12-28(30)29-13-11-27(21-31(29)33)25-9-5-7-23(19-25)15-17-37-32(34)35/h4-13,18-21,36H,14-17H2,1-3H3,(H4,34,35,37). The van der Waals surface area contributed by atoms with Gasteiger partial charge in [0.2, 0.25) is 0 Å². The lowest BCUT2D eigenvalue weighted by Gasteiger charge is -2.23. The van der Waals surface area contributed by atoms with E-state index in [4.69, 9.17) is 11.5 Å². The number of aliphatic imine (C=N–C) groups is 1. The van der Waals surface area contributed by atoms with E-state index in [1.165, 1.54) is 55.6 Å². The summed E-state index contributed by atoms with van der Waals surface area (Å²) in [6, 6.07) is 31.5. The van der Waals surface area contributed by atoms with Gasteiger partial charge in [-0.15, -0.1) is 0 Å². The highest BCUT2D eigenvalue weighted by Gasteiger charge is 2.35. The Morgan fingerprint density at radius 2 is 1.22 bits per heavy atom. The van der Waals surface area contributed by atoms with Crippen molar-refractivity contribution in [2.45, 2.75) is 32.1 Å². The van der Waals surface area contributed by atoms with Gasteiger partial charge in [0, 0.05) is 12.0 Å². The first-order valence-electron chi connectivity index (χ1n) is 13.0. The minimum atomic E-state index is -0.0780. The minimum absolute atomic E-state index is 0.0780. The van der Waals surface area contributed by atoms with E-state index in [0.717, 1.165) is 19.4 Å². The molecule has 0 radical (unpaired) electrons. The van der Waals surface area contributed by atoms with Crippen molar-refractivity contribution in [1.82, 2.24) is 5.32 Å². The molecular formula is C33H36N4. The molecule has 0 saturated heterocycles. The number of likely N-dealkylation sites (N-methyl/N-ethyl adjacent to an activating group) is 1. The third-order valence-corrected chi connectivity index (χ3v) is 7.56. The second-order valence-corrected chi connectivity index (χ2v) is 10.5. The zero-order chi connectivity index (χ0) is 26.0. The van der Waals surface area contributed by atoms with E-state index in [1.54, 1.807) is 0 Å².